The van der Waals surface area contributed by atoms with Gasteiger partial charge in [-0.05, 0) is 18.4 Å². The zero-order chi connectivity index (χ0) is 17.2. The van der Waals surface area contributed by atoms with E-state index < -0.39 is 0 Å². The smallest absolute Gasteiger partial charge is 0.210 e. The summed E-state index contributed by atoms with van der Waals surface area (Å²) in [6.07, 6.45) is 5.53. The Balaban J connectivity index is 0.00000312. The van der Waals surface area contributed by atoms with Crippen LogP contribution in [0, 0.1) is 0 Å². The summed E-state index contributed by atoms with van der Waals surface area (Å²) >= 11 is 0. The molecule has 2 N–H and O–H groups in total. The van der Waals surface area contributed by atoms with E-state index in [2.05, 4.69) is 85.5 Å². The number of hydrogen-bond acceptors (Lipinski definition) is 1. The molecule has 0 aliphatic heterocycles. The molecule has 1 atom stereocenters. The fourth-order valence-corrected chi connectivity index (χ4v) is 3.08. The molecule has 5 heteroatoms. The summed E-state index contributed by atoms with van der Waals surface area (Å²) in [5.41, 5.74) is 2.54. The monoisotopic (exact) mass is 582 g/mol. The van der Waals surface area contributed by atoms with E-state index in [4.69, 9.17) is 4.74 Å². The second-order valence-electron chi connectivity index (χ2n) is 6.39. The normalized spacial score (nSPS) is 11.5. The molecular weight excluding hydrogens is 550 g/mol. The van der Waals surface area contributed by atoms with Crippen molar-refractivity contribution in [3.8, 4) is 0 Å². The molecule has 2 rings (SSSR count). The summed E-state index contributed by atoms with van der Waals surface area (Å²) in [6.45, 7) is 6.32. The number of nitrogens with two attached hydrogens (primary N) is 1. The van der Waals surface area contributed by atoms with Gasteiger partial charge in [0.05, 0.1) is 19.2 Å². The van der Waals surface area contributed by atoms with E-state index in [1.165, 1.54) is 24.1 Å². The highest BCUT2D eigenvalue weighted by Crippen LogP contribution is 2.19. The van der Waals surface area contributed by atoms with Crippen LogP contribution in [0.1, 0.15) is 44.1 Å². The lowest BCUT2D eigenvalue weighted by molar-refractivity contribution is -0.693. The first kappa shape index (κ1) is 25.8. The molecule has 0 aliphatic carbocycles. The number of aryl methyl sites for hydroxylation is 1. The van der Waals surface area contributed by atoms with Gasteiger partial charge in [0.15, 0.2) is 6.20 Å². The summed E-state index contributed by atoms with van der Waals surface area (Å²) in [4.78, 5) is 0. The van der Waals surface area contributed by atoms with Gasteiger partial charge < -0.3 is 58.0 Å². The van der Waals surface area contributed by atoms with Crippen LogP contribution < -0.4 is 57.8 Å². The molecule has 0 fully saturated rings. The van der Waals surface area contributed by atoms with E-state index in [1.807, 2.05) is 0 Å². The van der Waals surface area contributed by atoms with Crippen LogP contribution in [0.15, 0.2) is 54.7 Å². The summed E-state index contributed by atoms with van der Waals surface area (Å²) in [7, 11) is 2.09. The van der Waals surface area contributed by atoms with Crippen molar-refractivity contribution in [1.82, 2.24) is 0 Å². The minimum Gasteiger partial charge on any atom is -1.00 e. The van der Waals surface area contributed by atoms with Gasteiger partial charge >= 0.3 is 0 Å². The Bertz CT molecular complexity index is 592. The maximum absolute atomic E-state index is 6.30. The van der Waals surface area contributed by atoms with Crippen LogP contribution in [0.4, 0.5) is 0 Å². The molecule has 0 amide bonds. The number of aromatic nitrogens is 1. The number of quaternary nitrogens is 1. The third kappa shape index (κ3) is 8.63. The maximum atomic E-state index is 6.30. The zero-order valence-electron chi connectivity index (χ0n) is 16.1. The number of pyridine rings is 1. The van der Waals surface area contributed by atoms with Crippen molar-refractivity contribution < 1.29 is 62.6 Å². The molecule has 0 saturated heterocycles. The van der Waals surface area contributed by atoms with E-state index in [0.29, 0.717) is 6.04 Å². The molecule has 1 aromatic carbocycles. The van der Waals surface area contributed by atoms with Gasteiger partial charge in [0.1, 0.15) is 13.2 Å². The molecule has 146 valence electrons. The largest absolute Gasteiger partial charge is 1.00 e. The van der Waals surface area contributed by atoms with Crippen molar-refractivity contribution in [2.75, 3.05) is 13.2 Å². The number of ether oxygens (including phenoxy) is 1. The van der Waals surface area contributed by atoms with E-state index in [1.54, 1.807) is 0 Å². The van der Waals surface area contributed by atoms with Crippen LogP contribution in [0.3, 0.4) is 0 Å². The van der Waals surface area contributed by atoms with Crippen LogP contribution in [0.2, 0.25) is 0 Å². The first-order valence-corrected chi connectivity index (χ1v) is 9.18. The zero-order valence-corrected chi connectivity index (χ0v) is 20.4. The van der Waals surface area contributed by atoms with Gasteiger partial charge in [0.25, 0.3) is 0 Å². The summed E-state index contributed by atoms with van der Waals surface area (Å²) in [6, 6.07) is 17.6. The Labute approximate surface area is 193 Å². The molecule has 1 heterocycles. The van der Waals surface area contributed by atoms with Gasteiger partial charge in [0, 0.05) is 18.6 Å². The lowest BCUT2D eigenvalue weighted by Crippen LogP contribution is -3.00. The van der Waals surface area contributed by atoms with Gasteiger partial charge in [-0.15, -0.1) is 0 Å². The standard InChI is InChI=1S/C21H31N2O.2HI/c1-4-19(5-2)22-14-16-24-21(17-18-11-7-6-8-12-18)20-13-9-10-15-23(20)3;;/h6-13,15,19,21-22H,4-5,14,16-17H2,1-3H3;2*1H/q+1;;/p-1. The molecule has 0 aliphatic rings. The molecule has 0 spiro atoms. The fourth-order valence-electron chi connectivity index (χ4n) is 3.08. The third-order valence-electron chi connectivity index (χ3n) is 4.67. The summed E-state index contributed by atoms with van der Waals surface area (Å²) < 4.78 is 8.47. The number of rotatable bonds is 10. The quantitative estimate of drug-likeness (QED) is 0.177. The number of nitrogens with zero attached hydrogens (tertiary/aromatic N) is 1. The average molecular weight is 582 g/mol. The molecule has 0 radical (unpaired) electrons. The Morgan fingerprint density at radius 3 is 2.23 bits per heavy atom. The van der Waals surface area contributed by atoms with Gasteiger partial charge in [-0.1, -0.05) is 50.2 Å². The summed E-state index contributed by atoms with van der Waals surface area (Å²) in [5, 5.41) is 2.42. The highest BCUT2D eigenvalue weighted by atomic mass is 127. The predicted octanol–water partition coefficient (Wildman–Crippen LogP) is -3.43. The van der Waals surface area contributed by atoms with Gasteiger partial charge in [0.2, 0.25) is 5.69 Å². The predicted molar refractivity (Wildman–Crippen MR) is 97.6 cm³/mol. The minimum absolute atomic E-state index is 0. The van der Waals surface area contributed by atoms with Crippen LogP contribution in [0.25, 0.3) is 0 Å². The highest BCUT2D eigenvalue weighted by molar-refractivity contribution is 5.17. The Morgan fingerprint density at radius 1 is 0.962 bits per heavy atom. The second kappa shape index (κ2) is 14.8. The van der Waals surface area contributed by atoms with Crippen molar-refractivity contribution >= 4 is 0 Å². The fraction of sp³-hybridized carbons (Fsp3) is 0.476. The Hall–Kier alpha value is -0.250. The molecule has 2 aromatic rings. The van der Waals surface area contributed by atoms with Gasteiger partial charge in [-0.25, -0.2) is 4.57 Å². The van der Waals surface area contributed by atoms with Crippen LogP contribution in [0.5, 0.6) is 0 Å². The molecular formula is C21H32I2N2O. The second-order valence-corrected chi connectivity index (χ2v) is 6.39. The third-order valence-corrected chi connectivity index (χ3v) is 4.67. The molecule has 26 heavy (non-hydrogen) atoms. The van der Waals surface area contributed by atoms with Crippen molar-refractivity contribution in [2.45, 2.75) is 45.3 Å². The van der Waals surface area contributed by atoms with Gasteiger partial charge in [-0.3, -0.25) is 0 Å². The Kier molecular flexibility index (Phi) is 14.6. The molecule has 3 nitrogen and oxygen atoms in total. The molecule has 1 unspecified atom stereocenters. The SMILES string of the molecule is CCC(CC)[NH2+]CCOC(Cc1ccccc1)c1cccc[n+]1C.[I-].[I-]. The first-order chi connectivity index (χ1) is 11.7. The molecule has 0 saturated carbocycles. The molecule has 0 bridgehead atoms. The van der Waals surface area contributed by atoms with E-state index >= 15 is 0 Å². The van der Waals surface area contributed by atoms with Crippen molar-refractivity contribution in [3.63, 3.8) is 0 Å². The van der Waals surface area contributed by atoms with E-state index in [0.717, 1.165) is 19.6 Å². The van der Waals surface area contributed by atoms with Crippen LogP contribution in [-0.4, -0.2) is 19.2 Å². The number of halogens is 2. The van der Waals surface area contributed by atoms with E-state index in [9.17, 15) is 0 Å². The van der Waals surface area contributed by atoms with Crippen LogP contribution >= 0.6 is 0 Å². The first-order valence-electron chi connectivity index (χ1n) is 9.18. The number of benzene rings is 1. The van der Waals surface area contributed by atoms with Crippen molar-refractivity contribution in [2.24, 2.45) is 7.05 Å². The minimum atomic E-state index is 0. The summed E-state index contributed by atoms with van der Waals surface area (Å²) in [5.74, 6) is 0. The molecule has 1 aromatic heterocycles. The van der Waals surface area contributed by atoms with Crippen molar-refractivity contribution in [3.05, 3.63) is 66.0 Å². The van der Waals surface area contributed by atoms with Crippen molar-refractivity contribution in [1.29, 1.82) is 0 Å². The van der Waals surface area contributed by atoms with E-state index in [-0.39, 0.29) is 54.1 Å². The van der Waals surface area contributed by atoms with Crippen LogP contribution in [-0.2, 0) is 18.2 Å². The lowest BCUT2D eigenvalue weighted by Gasteiger charge is -2.17. The Morgan fingerprint density at radius 2 is 1.62 bits per heavy atom. The lowest BCUT2D eigenvalue weighted by atomic mass is 10.0. The maximum Gasteiger partial charge on any atom is 0.210 e. The van der Waals surface area contributed by atoms with Gasteiger partial charge in [-0.2, -0.15) is 0 Å². The average Bonchev–Trinajstić information content (AvgIpc) is 2.62. The number of hydrogen-bond donors (Lipinski definition) is 1. The topological polar surface area (TPSA) is 29.7 Å². The highest BCUT2D eigenvalue weighted by Gasteiger charge is 2.21.